The van der Waals surface area contributed by atoms with Gasteiger partial charge in [0, 0.05) is 23.3 Å². The van der Waals surface area contributed by atoms with Crippen LogP contribution in [0, 0.1) is 5.82 Å². The molecule has 2 heterocycles. The summed E-state index contributed by atoms with van der Waals surface area (Å²) in [6.45, 7) is 2.24. The van der Waals surface area contributed by atoms with Gasteiger partial charge in [-0.2, -0.15) is 0 Å². The van der Waals surface area contributed by atoms with Crippen molar-refractivity contribution in [2.24, 2.45) is 0 Å². The van der Waals surface area contributed by atoms with Gasteiger partial charge in [-0.15, -0.1) is 0 Å². The Morgan fingerprint density at radius 3 is 2.55 bits per heavy atom. The summed E-state index contributed by atoms with van der Waals surface area (Å²) in [5.74, 6) is -0.242. The van der Waals surface area contributed by atoms with Crippen LogP contribution in [0.25, 0.3) is 0 Å². The summed E-state index contributed by atoms with van der Waals surface area (Å²) in [5, 5.41) is 3.16. The summed E-state index contributed by atoms with van der Waals surface area (Å²) in [6, 6.07) is 15.9. The van der Waals surface area contributed by atoms with E-state index in [0.717, 1.165) is 28.0 Å². The minimum Gasteiger partial charge on any atom is -0.484 e. The molecule has 0 aliphatic carbocycles. The Balaban J connectivity index is 1.60. The average Bonchev–Trinajstić information content (AvgIpc) is 2.80. The lowest BCUT2D eigenvalue weighted by Crippen LogP contribution is -2.80. The number of esters is 1. The predicted octanol–water partition coefficient (Wildman–Crippen LogP) is 2.31. The van der Waals surface area contributed by atoms with Crippen molar-refractivity contribution in [2.45, 2.75) is 26.0 Å². The molecule has 0 bridgehead atoms. The van der Waals surface area contributed by atoms with Gasteiger partial charge < -0.3 is 14.8 Å². The summed E-state index contributed by atoms with van der Waals surface area (Å²) >= 11 is 0. The van der Waals surface area contributed by atoms with E-state index in [1.54, 1.807) is 12.1 Å². The smallest absolute Gasteiger partial charge is 0.358 e. The number of allylic oxidation sites excluding steroid dienone is 2. The van der Waals surface area contributed by atoms with Crippen LogP contribution in [0.15, 0.2) is 89.0 Å². The summed E-state index contributed by atoms with van der Waals surface area (Å²) in [7, 11) is 1.35. The molecule has 0 aromatic heterocycles. The van der Waals surface area contributed by atoms with Crippen molar-refractivity contribution in [2.75, 3.05) is 7.11 Å². The molecule has 2 aromatic carbocycles. The summed E-state index contributed by atoms with van der Waals surface area (Å²) in [6.07, 6.45) is 4.65. The minimum atomic E-state index is -0.482. The van der Waals surface area contributed by atoms with E-state index >= 15 is 0 Å². The topological polar surface area (TPSA) is 61.5 Å². The number of benzene rings is 2. The highest BCUT2D eigenvalue weighted by atomic mass is 19.1. The highest BCUT2D eigenvalue weighted by Crippen LogP contribution is 2.27. The molecule has 1 atom stereocenters. The van der Waals surface area contributed by atoms with Gasteiger partial charge >= 0.3 is 5.97 Å². The molecule has 6 heteroatoms. The number of ether oxygens (including phenoxy) is 2. The van der Waals surface area contributed by atoms with Gasteiger partial charge in [0.2, 0.25) is 11.8 Å². The summed E-state index contributed by atoms with van der Waals surface area (Å²) in [5.41, 5.74) is 5.17. The second-order valence-electron chi connectivity index (χ2n) is 7.48. The number of carbonyl (C=O) groups is 1. The standard InChI is InChI=1S/C25H23FN2O3/c1-16-21-13-19(12-17-8-10-20(26)11-9-17)14-27-22(21)24(23(28-16)25(29)30-2)31-15-18-6-4-3-5-7-18/h3-11,13-14,22,28H,12,15H2,1-2H3/p+1. The van der Waals surface area contributed by atoms with Gasteiger partial charge in [0.05, 0.1) is 7.11 Å². The third-order valence-corrected chi connectivity index (χ3v) is 5.29. The van der Waals surface area contributed by atoms with Crippen LogP contribution in [0.5, 0.6) is 0 Å². The Morgan fingerprint density at radius 1 is 1.10 bits per heavy atom. The summed E-state index contributed by atoms with van der Waals surface area (Å²) in [4.78, 5) is 15.8. The number of nitrogens with one attached hydrogen (secondary N) is 2. The molecule has 0 saturated carbocycles. The van der Waals surface area contributed by atoms with Crippen molar-refractivity contribution in [1.29, 1.82) is 0 Å². The van der Waals surface area contributed by atoms with Gasteiger partial charge in [-0.05, 0) is 36.3 Å². The first-order valence-corrected chi connectivity index (χ1v) is 10.1. The van der Waals surface area contributed by atoms with Crippen molar-refractivity contribution in [3.8, 4) is 0 Å². The van der Waals surface area contributed by atoms with Crippen LogP contribution >= 0.6 is 0 Å². The second kappa shape index (κ2) is 9.00. The molecular weight excluding hydrogens is 395 g/mol. The average molecular weight is 419 g/mol. The normalized spacial score (nSPS) is 17.6. The van der Waals surface area contributed by atoms with E-state index in [1.807, 2.05) is 43.5 Å². The third kappa shape index (κ3) is 4.58. The number of halogens is 1. The first-order valence-electron chi connectivity index (χ1n) is 10.1. The molecule has 0 radical (unpaired) electrons. The third-order valence-electron chi connectivity index (χ3n) is 5.29. The number of hydrogen-bond donors (Lipinski definition) is 2. The summed E-state index contributed by atoms with van der Waals surface area (Å²) < 4.78 is 24.3. The van der Waals surface area contributed by atoms with Gasteiger partial charge in [-0.1, -0.05) is 42.5 Å². The number of fused-ring (bicyclic) bond motifs is 1. The molecule has 1 unspecified atom stereocenters. The minimum absolute atomic E-state index is 0.251. The molecule has 0 spiro atoms. The van der Waals surface area contributed by atoms with E-state index in [0.29, 0.717) is 24.5 Å². The fourth-order valence-electron chi connectivity index (χ4n) is 3.70. The molecule has 4 rings (SSSR count). The lowest BCUT2D eigenvalue weighted by Gasteiger charge is -2.27. The van der Waals surface area contributed by atoms with Crippen LogP contribution in [0.1, 0.15) is 18.1 Å². The zero-order valence-corrected chi connectivity index (χ0v) is 17.4. The van der Waals surface area contributed by atoms with E-state index < -0.39 is 5.97 Å². The quantitative estimate of drug-likeness (QED) is 0.706. The fourth-order valence-corrected chi connectivity index (χ4v) is 3.70. The van der Waals surface area contributed by atoms with E-state index in [2.05, 4.69) is 16.4 Å². The fraction of sp³-hybridized carbons (Fsp3) is 0.200. The highest BCUT2D eigenvalue weighted by molar-refractivity contribution is 5.90. The van der Waals surface area contributed by atoms with Gasteiger partial charge in [-0.3, -0.25) is 0 Å². The van der Waals surface area contributed by atoms with E-state index in [-0.39, 0.29) is 11.9 Å². The van der Waals surface area contributed by atoms with Gasteiger partial charge in [0.25, 0.3) is 0 Å². The zero-order chi connectivity index (χ0) is 21.8. The van der Waals surface area contributed by atoms with Crippen LogP contribution in [0.3, 0.4) is 0 Å². The molecule has 2 N–H and O–H groups in total. The monoisotopic (exact) mass is 419 g/mol. The van der Waals surface area contributed by atoms with Crippen LogP contribution in [-0.4, -0.2) is 25.3 Å². The highest BCUT2D eigenvalue weighted by Gasteiger charge is 2.38. The van der Waals surface area contributed by atoms with Gasteiger partial charge in [0.1, 0.15) is 12.4 Å². The SMILES string of the molecule is COC(=O)C1=C(OCc2ccccc2)C2[NH+]=CC(Cc3ccc(F)cc3)=CC2=C(C)N1. The molecule has 0 fully saturated rings. The van der Waals surface area contributed by atoms with Gasteiger partial charge in [-0.25, -0.2) is 14.2 Å². The van der Waals surface area contributed by atoms with Crippen molar-refractivity contribution < 1.29 is 23.7 Å². The predicted molar refractivity (Wildman–Crippen MR) is 115 cm³/mol. The Morgan fingerprint density at radius 2 is 1.84 bits per heavy atom. The van der Waals surface area contributed by atoms with E-state index in [4.69, 9.17) is 9.47 Å². The van der Waals surface area contributed by atoms with Crippen molar-refractivity contribution >= 4 is 12.2 Å². The van der Waals surface area contributed by atoms with Crippen LogP contribution in [0.4, 0.5) is 4.39 Å². The second-order valence-corrected chi connectivity index (χ2v) is 7.48. The lowest BCUT2D eigenvalue weighted by atomic mass is 9.92. The van der Waals surface area contributed by atoms with Crippen molar-refractivity contribution in [3.05, 3.63) is 106 Å². The number of dihydropyridines is 1. The first-order chi connectivity index (χ1) is 15.0. The molecular formula is C25H24FN2O3+. The molecule has 0 amide bonds. The Labute approximate surface area is 180 Å². The van der Waals surface area contributed by atoms with Crippen LogP contribution in [-0.2, 0) is 27.3 Å². The number of methoxy groups -OCH3 is 1. The maximum atomic E-state index is 13.2. The number of hydrogen-bond acceptors (Lipinski definition) is 4. The van der Waals surface area contributed by atoms with Gasteiger partial charge in [0.15, 0.2) is 11.9 Å². The molecule has 0 saturated heterocycles. The van der Waals surface area contributed by atoms with Crippen molar-refractivity contribution in [1.82, 2.24) is 5.32 Å². The number of rotatable bonds is 6. The van der Waals surface area contributed by atoms with E-state index in [1.165, 1.54) is 19.2 Å². The van der Waals surface area contributed by atoms with E-state index in [9.17, 15) is 9.18 Å². The Kier molecular flexibility index (Phi) is 5.98. The maximum absolute atomic E-state index is 13.2. The Bertz CT molecular complexity index is 1100. The number of carbonyl (C=O) groups excluding carboxylic acids is 1. The largest absolute Gasteiger partial charge is 0.484 e. The molecule has 2 aliphatic rings. The molecule has 5 nitrogen and oxygen atoms in total. The maximum Gasteiger partial charge on any atom is 0.358 e. The molecule has 2 aliphatic heterocycles. The molecule has 2 aromatic rings. The Hall–Kier alpha value is -3.67. The molecule has 31 heavy (non-hydrogen) atoms. The zero-order valence-electron chi connectivity index (χ0n) is 17.4. The molecule has 158 valence electrons. The lowest BCUT2D eigenvalue weighted by molar-refractivity contribution is -0.482. The van der Waals surface area contributed by atoms with Crippen LogP contribution < -0.4 is 10.3 Å². The van der Waals surface area contributed by atoms with Crippen molar-refractivity contribution in [3.63, 3.8) is 0 Å². The van der Waals surface area contributed by atoms with Crippen LogP contribution in [0.2, 0.25) is 0 Å². The first kappa shape index (κ1) is 20.6.